The number of amides is 3. The maximum absolute atomic E-state index is 12.6. The van der Waals surface area contributed by atoms with Crippen LogP contribution in [-0.4, -0.2) is 44.8 Å². The van der Waals surface area contributed by atoms with Crippen LogP contribution in [0.5, 0.6) is 0 Å². The number of nitrogens with one attached hydrogen (secondary N) is 1. The van der Waals surface area contributed by atoms with Gasteiger partial charge in [0.1, 0.15) is 12.0 Å². The molecule has 0 spiro atoms. The molecule has 2 aromatic carbocycles. The minimum atomic E-state index is -0.0929. The zero-order valence-electron chi connectivity index (χ0n) is 17.6. The van der Waals surface area contributed by atoms with E-state index in [4.69, 9.17) is 0 Å². The van der Waals surface area contributed by atoms with Gasteiger partial charge in [-0.15, -0.1) is 0 Å². The fourth-order valence-electron chi connectivity index (χ4n) is 4.14. The Morgan fingerprint density at radius 3 is 2.28 bits per heavy atom. The predicted octanol–water partition coefficient (Wildman–Crippen LogP) is 3.95. The summed E-state index contributed by atoms with van der Waals surface area (Å²) in [7, 11) is 0. The molecule has 2 aliphatic rings. The molecule has 0 aliphatic carbocycles. The van der Waals surface area contributed by atoms with Gasteiger partial charge in [0.15, 0.2) is 0 Å². The van der Waals surface area contributed by atoms with Crippen LogP contribution in [0.1, 0.15) is 33.6 Å². The normalized spacial score (nSPS) is 15.2. The summed E-state index contributed by atoms with van der Waals surface area (Å²) < 4.78 is 0. The SMILES string of the molecule is O=C(Nc1ccc(C2=CCN(C(=O)c3ccncn3)CC2)cc1)N1Cc2ccccc2C1. The summed E-state index contributed by atoms with van der Waals surface area (Å²) in [5.74, 6) is -0.0789. The molecule has 2 aliphatic heterocycles. The Morgan fingerprint density at radius 1 is 0.906 bits per heavy atom. The Balaban J connectivity index is 1.19. The van der Waals surface area contributed by atoms with Gasteiger partial charge in [-0.1, -0.05) is 42.5 Å². The summed E-state index contributed by atoms with van der Waals surface area (Å²) in [5, 5.41) is 2.99. The topological polar surface area (TPSA) is 78.4 Å². The van der Waals surface area contributed by atoms with Gasteiger partial charge in [0, 0.05) is 38.1 Å². The van der Waals surface area contributed by atoms with E-state index in [-0.39, 0.29) is 11.9 Å². The first-order chi connectivity index (χ1) is 15.7. The number of rotatable bonds is 3. The molecule has 7 nitrogen and oxygen atoms in total. The zero-order valence-corrected chi connectivity index (χ0v) is 17.6. The molecule has 3 amide bonds. The van der Waals surface area contributed by atoms with Gasteiger partial charge in [-0.3, -0.25) is 4.79 Å². The molecule has 0 atom stereocenters. The number of urea groups is 1. The second-order valence-corrected chi connectivity index (χ2v) is 7.96. The summed E-state index contributed by atoms with van der Waals surface area (Å²) in [6.07, 6.45) is 5.82. The van der Waals surface area contributed by atoms with Crippen LogP contribution < -0.4 is 5.32 Å². The molecule has 1 N–H and O–H groups in total. The standard InChI is InChI=1S/C25H23N5O2/c31-24(23-9-12-26-17-27-23)29-13-10-19(11-14-29)18-5-7-22(8-6-18)28-25(32)30-15-20-3-1-2-4-21(20)16-30/h1-10,12,17H,11,13-16H2,(H,28,32). The van der Waals surface area contributed by atoms with Gasteiger partial charge in [0.25, 0.3) is 5.91 Å². The van der Waals surface area contributed by atoms with Crippen molar-refractivity contribution in [3.05, 3.63) is 95.6 Å². The van der Waals surface area contributed by atoms with Crippen molar-refractivity contribution in [3.8, 4) is 0 Å². The molecule has 7 heteroatoms. The van der Waals surface area contributed by atoms with Crippen LogP contribution in [0.4, 0.5) is 10.5 Å². The highest BCUT2D eigenvalue weighted by Gasteiger charge is 2.23. The van der Waals surface area contributed by atoms with E-state index in [1.807, 2.05) is 41.3 Å². The number of hydrogen-bond donors (Lipinski definition) is 1. The van der Waals surface area contributed by atoms with Crippen LogP contribution in [0.2, 0.25) is 0 Å². The summed E-state index contributed by atoms with van der Waals surface area (Å²) in [6, 6.07) is 17.6. The van der Waals surface area contributed by atoms with Gasteiger partial charge >= 0.3 is 6.03 Å². The number of nitrogens with zero attached hydrogens (tertiary/aromatic N) is 4. The van der Waals surface area contributed by atoms with Crippen LogP contribution in [0, 0.1) is 0 Å². The Morgan fingerprint density at radius 2 is 1.66 bits per heavy atom. The van der Waals surface area contributed by atoms with Crippen molar-refractivity contribution in [2.75, 3.05) is 18.4 Å². The van der Waals surface area contributed by atoms with E-state index < -0.39 is 0 Å². The van der Waals surface area contributed by atoms with Crippen molar-refractivity contribution in [2.45, 2.75) is 19.5 Å². The summed E-state index contributed by atoms with van der Waals surface area (Å²) in [6.45, 7) is 2.46. The molecular weight excluding hydrogens is 402 g/mol. The third-order valence-electron chi connectivity index (χ3n) is 5.93. The van der Waals surface area contributed by atoms with Gasteiger partial charge in [-0.2, -0.15) is 0 Å². The molecule has 32 heavy (non-hydrogen) atoms. The lowest BCUT2D eigenvalue weighted by molar-refractivity contribution is 0.0767. The first-order valence-electron chi connectivity index (χ1n) is 10.6. The quantitative estimate of drug-likeness (QED) is 0.689. The highest BCUT2D eigenvalue weighted by Crippen LogP contribution is 2.26. The van der Waals surface area contributed by atoms with Crippen LogP contribution >= 0.6 is 0 Å². The van der Waals surface area contributed by atoms with E-state index in [1.165, 1.54) is 23.0 Å². The number of benzene rings is 2. The molecular formula is C25H23N5O2. The predicted molar refractivity (Wildman–Crippen MR) is 122 cm³/mol. The molecule has 0 saturated carbocycles. The maximum atomic E-state index is 12.6. The number of aromatic nitrogens is 2. The number of carbonyl (C=O) groups is 2. The molecule has 0 unspecified atom stereocenters. The summed E-state index contributed by atoms with van der Waals surface area (Å²) in [4.78, 5) is 36.7. The number of anilines is 1. The van der Waals surface area contributed by atoms with Crippen molar-refractivity contribution in [2.24, 2.45) is 0 Å². The van der Waals surface area contributed by atoms with E-state index in [0.29, 0.717) is 31.9 Å². The minimum absolute atomic E-state index is 0.0789. The van der Waals surface area contributed by atoms with Crippen molar-refractivity contribution < 1.29 is 9.59 Å². The monoisotopic (exact) mass is 425 g/mol. The first-order valence-corrected chi connectivity index (χ1v) is 10.6. The fraction of sp³-hybridized carbons (Fsp3) is 0.200. The van der Waals surface area contributed by atoms with Crippen LogP contribution in [0.3, 0.4) is 0 Å². The van der Waals surface area contributed by atoms with Gasteiger partial charge in [-0.05, 0) is 46.9 Å². The fourth-order valence-corrected chi connectivity index (χ4v) is 4.14. The van der Waals surface area contributed by atoms with E-state index in [2.05, 4.69) is 33.5 Å². The van der Waals surface area contributed by atoms with Crippen LogP contribution in [0.15, 0.2) is 73.2 Å². The molecule has 3 aromatic rings. The Bertz CT molecular complexity index is 1150. The molecule has 3 heterocycles. The largest absolute Gasteiger partial charge is 0.333 e. The van der Waals surface area contributed by atoms with Crippen LogP contribution in [0.25, 0.3) is 5.57 Å². The van der Waals surface area contributed by atoms with Crippen molar-refractivity contribution in [3.63, 3.8) is 0 Å². The Labute approximate surface area is 186 Å². The second kappa shape index (κ2) is 8.63. The Kier molecular flexibility index (Phi) is 5.37. The molecule has 5 rings (SSSR count). The summed E-state index contributed by atoms with van der Waals surface area (Å²) >= 11 is 0. The minimum Gasteiger partial charge on any atom is -0.333 e. The Hall–Kier alpha value is -4.00. The van der Waals surface area contributed by atoms with Crippen LogP contribution in [-0.2, 0) is 13.1 Å². The second-order valence-electron chi connectivity index (χ2n) is 7.96. The van der Waals surface area contributed by atoms with E-state index in [1.54, 1.807) is 17.2 Å². The van der Waals surface area contributed by atoms with Gasteiger partial charge in [0.05, 0.1) is 0 Å². The highest BCUT2D eigenvalue weighted by atomic mass is 16.2. The lowest BCUT2D eigenvalue weighted by Crippen LogP contribution is -2.35. The number of hydrogen-bond acceptors (Lipinski definition) is 4. The van der Waals surface area contributed by atoms with Gasteiger partial charge < -0.3 is 15.1 Å². The van der Waals surface area contributed by atoms with Crippen molar-refractivity contribution >= 4 is 23.2 Å². The molecule has 0 fully saturated rings. The van der Waals surface area contributed by atoms with Gasteiger partial charge in [-0.25, -0.2) is 14.8 Å². The molecule has 0 radical (unpaired) electrons. The van der Waals surface area contributed by atoms with E-state index >= 15 is 0 Å². The van der Waals surface area contributed by atoms with E-state index in [9.17, 15) is 9.59 Å². The first kappa shape index (κ1) is 19.9. The number of carbonyl (C=O) groups excluding carboxylic acids is 2. The average molecular weight is 425 g/mol. The number of fused-ring (bicyclic) bond motifs is 1. The third-order valence-corrected chi connectivity index (χ3v) is 5.93. The van der Waals surface area contributed by atoms with Crippen molar-refractivity contribution in [1.82, 2.24) is 19.8 Å². The van der Waals surface area contributed by atoms with E-state index in [0.717, 1.165) is 17.7 Å². The van der Waals surface area contributed by atoms with Gasteiger partial charge in [0.2, 0.25) is 0 Å². The average Bonchev–Trinajstić information content (AvgIpc) is 3.29. The zero-order chi connectivity index (χ0) is 21.9. The lowest BCUT2D eigenvalue weighted by Gasteiger charge is -2.26. The van der Waals surface area contributed by atoms with Crippen molar-refractivity contribution in [1.29, 1.82) is 0 Å². The molecule has 1 aromatic heterocycles. The lowest BCUT2D eigenvalue weighted by atomic mass is 9.99. The molecule has 160 valence electrons. The molecule has 0 bridgehead atoms. The molecule has 0 saturated heterocycles. The smallest absolute Gasteiger partial charge is 0.322 e. The summed E-state index contributed by atoms with van der Waals surface area (Å²) in [5.41, 5.74) is 5.89. The highest BCUT2D eigenvalue weighted by molar-refractivity contribution is 5.93. The third kappa shape index (κ3) is 4.09. The maximum Gasteiger partial charge on any atom is 0.322 e.